The quantitative estimate of drug-likeness (QED) is 0.542. The summed E-state index contributed by atoms with van der Waals surface area (Å²) in [7, 11) is -4.01. The molecule has 1 aliphatic heterocycles. The van der Waals surface area contributed by atoms with Gasteiger partial charge in [-0.05, 0) is 48.7 Å². The first-order valence-electron chi connectivity index (χ1n) is 10.5. The van der Waals surface area contributed by atoms with Crippen molar-refractivity contribution >= 4 is 27.8 Å². The standard InChI is InChI=1S/C25H24FNO4S2/c1-25(2)23(24(28)29)27(14-15-32-25)33(30,31)20-11-8-17(9-12-20)19-10-13-21(22(26)16-19)18-6-4-3-5-7-18/h3-13,16,23H,14-15H2,1-2H3,(H,28,29)/t23-/m0/s1. The van der Waals surface area contributed by atoms with Gasteiger partial charge in [-0.3, -0.25) is 4.79 Å². The van der Waals surface area contributed by atoms with Crippen molar-refractivity contribution in [3.8, 4) is 22.3 Å². The summed E-state index contributed by atoms with van der Waals surface area (Å²) in [5.41, 5.74) is 2.55. The molecule has 0 spiro atoms. The summed E-state index contributed by atoms with van der Waals surface area (Å²) >= 11 is 1.45. The van der Waals surface area contributed by atoms with Gasteiger partial charge in [-0.15, -0.1) is 0 Å². The number of hydrogen-bond acceptors (Lipinski definition) is 4. The van der Waals surface area contributed by atoms with Crippen LogP contribution in [0.3, 0.4) is 0 Å². The maximum atomic E-state index is 14.8. The molecule has 1 saturated heterocycles. The maximum absolute atomic E-state index is 14.8. The molecule has 1 heterocycles. The highest BCUT2D eigenvalue weighted by atomic mass is 32.2. The Kier molecular flexibility index (Phi) is 6.35. The van der Waals surface area contributed by atoms with Gasteiger partial charge in [0.05, 0.1) is 4.90 Å². The normalized spacial score (nSPS) is 18.7. The van der Waals surface area contributed by atoms with Crippen molar-refractivity contribution in [1.29, 1.82) is 0 Å². The minimum absolute atomic E-state index is 0.0153. The number of rotatable bonds is 5. The van der Waals surface area contributed by atoms with Crippen molar-refractivity contribution in [2.45, 2.75) is 29.5 Å². The van der Waals surface area contributed by atoms with E-state index in [1.807, 2.05) is 30.3 Å². The van der Waals surface area contributed by atoms with Crippen LogP contribution in [0.15, 0.2) is 77.7 Å². The first kappa shape index (κ1) is 23.5. The van der Waals surface area contributed by atoms with Crippen molar-refractivity contribution in [3.05, 3.63) is 78.6 Å². The van der Waals surface area contributed by atoms with E-state index >= 15 is 0 Å². The van der Waals surface area contributed by atoms with Crippen LogP contribution in [-0.4, -0.2) is 46.9 Å². The number of carbonyl (C=O) groups is 1. The molecule has 1 atom stereocenters. The Morgan fingerprint density at radius 1 is 1.00 bits per heavy atom. The van der Waals surface area contributed by atoms with Gasteiger partial charge in [0.15, 0.2) is 0 Å². The maximum Gasteiger partial charge on any atom is 0.323 e. The monoisotopic (exact) mass is 485 g/mol. The molecule has 0 aliphatic carbocycles. The first-order chi connectivity index (χ1) is 15.6. The van der Waals surface area contributed by atoms with Crippen molar-refractivity contribution in [2.24, 2.45) is 0 Å². The lowest BCUT2D eigenvalue weighted by Crippen LogP contribution is -2.58. The van der Waals surface area contributed by atoms with Gasteiger partial charge in [0.2, 0.25) is 10.0 Å². The molecule has 0 bridgehead atoms. The van der Waals surface area contributed by atoms with Crippen LogP contribution in [0, 0.1) is 5.82 Å². The lowest BCUT2D eigenvalue weighted by atomic mass is 10.00. The van der Waals surface area contributed by atoms with Crippen LogP contribution in [0.25, 0.3) is 22.3 Å². The first-order valence-corrected chi connectivity index (χ1v) is 12.9. The highest BCUT2D eigenvalue weighted by Crippen LogP contribution is 2.38. The zero-order valence-electron chi connectivity index (χ0n) is 18.2. The van der Waals surface area contributed by atoms with Gasteiger partial charge >= 0.3 is 5.97 Å². The van der Waals surface area contributed by atoms with Crippen LogP contribution in [0.1, 0.15) is 13.8 Å². The third kappa shape index (κ3) is 4.55. The van der Waals surface area contributed by atoms with E-state index in [0.29, 0.717) is 22.4 Å². The number of hydrogen-bond donors (Lipinski definition) is 1. The number of sulfonamides is 1. The van der Waals surface area contributed by atoms with E-state index in [4.69, 9.17) is 0 Å². The van der Waals surface area contributed by atoms with Gasteiger partial charge in [-0.1, -0.05) is 54.6 Å². The second kappa shape index (κ2) is 8.93. The Morgan fingerprint density at radius 2 is 1.64 bits per heavy atom. The number of nitrogens with zero attached hydrogens (tertiary/aromatic N) is 1. The number of aliphatic carboxylic acids is 1. The average molecular weight is 486 g/mol. The van der Waals surface area contributed by atoms with E-state index in [-0.39, 0.29) is 17.3 Å². The third-order valence-electron chi connectivity index (χ3n) is 5.81. The predicted octanol–water partition coefficient (Wildman–Crippen LogP) is 5.13. The fraction of sp³-hybridized carbons (Fsp3) is 0.240. The van der Waals surface area contributed by atoms with Crippen LogP contribution in [0.5, 0.6) is 0 Å². The van der Waals surface area contributed by atoms with Crippen LogP contribution >= 0.6 is 11.8 Å². The van der Waals surface area contributed by atoms with Crippen LogP contribution < -0.4 is 0 Å². The molecule has 5 nitrogen and oxygen atoms in total. The van der Waals surface area contributed by atoms with E-state index in [2.05, 4.69) is 0 Å². The summed E-state index contributed by atoms with van der Waals surface area (Å²) in [5.74, 6) is -1.02. The lowest BCUT2D eigenvalue weighted by Gasteiger charge is -2.42. The van der Waals surface area contributed by atoms with E-state index in [9.17, 15) is 22.7 Å². The summed E-state index contributed by atoms with van der Waals surface area (Å²) in [6.07, 6.45) is 0. The van der Waals surface area contributed by atoms with Crippen molar-refractivity contribution in [1.82, 2.24) is 4.31 Å². The minimum atomic E-state index is -4.01. The van der Waals surface area contributed by atoms with E-state index in [1.165, 1.54) is 30.0 Å². The molecule has 33 heavy (non-hydrogen) atoms. The molecule has 1 fully saturated rings. The summed E-state index contributed by atoms with van der Waals surface area (Å²) in [6, 6.07) is 19.1. The van der Waals surface area contributed by atoms with Gasteiger partial charge in [-0.25, -0.2) is 12.8 Å². The van der Waals surface area contributed by atoms with Gasteiger partial charge in [0, 0.05) is 22.6 Å². The molecule has 4 rings (SSSR count). The van der Waals surface area contributed by atoms with E-state index in [0.717, 1.165) is 9.87 Å². The SMILES string of the molecule is CC1(C)SCCN(S(=O)(=O)c2ccc(-c3ccc(-c4ccccc4)c(F)c3)cc2)[C@H]1C(=O)O. The predicted molar refractivity (Wildman–Crippen MR) is 129 cm³/mol. The Labute approximate surface area is 197 Å². The Bertz CT molecular complexity index is 1280. The van der Waals surface area contributed by atoms with E-state index in [1.54, 1.807) is 38.1 Å². The Morgan fingerprint density at radius 3 is 2.24 bits per heavy atom. The fourth-order valence-electron chi connectivity index (χ4n) is 4.13. The van der Waals surface area contributed by atoms with Crippen LogP contribution in [0.4, 0.5) is 4.39 Å². The fourth-order valence-corrected chi connectivity index (χ4v) is 7.23. The summed E-state index contributed by atoms with van der Waals surface area (Å²) in [4.78, 5) is 11.9. The zero-order chi connectivity index (χ0) is 23.8. The summed E-state index contributed by atoms with van der Waals surface area (Å²) in [5, 5.41) is 9.72. The second-order valence-electron chi connectivity index (χ2n) is 8.39. The molecule has 0 saturated carbocycles. The number of halogens is 1. The van der Waals surface area contributed by atoms with Gasteiger partial charge < -0.3 is 5.11 Å². The Balaban J connectivity index is 1.63. The number of thioether (sulfide) groups is 1. The number of benzene rings is 3. The van der Waals surface area contributed by atoms with Crippen molar-refractivity contribution < 1.29 is 22.7 Å². The van der Waals surface area contributed by atoms with Crippen molar-refractivity contribution in [3.63, 3.8) is 0 Å². The largest absolute Gasteiger partial charge is 0.480 e. The summed E-state index contributed by atoms with van der Waals surface area (Å²) < 4.78 is 41.7. The second-order valence-corrected chi connectivity index (χ2v) is 12.0. The molecule has 3 aromatic rings. The average Bonchev–Trinajstić information content (AvgIpc) is 2.78. The van der Waals surface area contributed by atoms with Crippen molar-refractivity contribution in [2.75, 3.05) is 12.3 Å². The molecule has 0 amide bonds. The zero-order valence-corrected chi connectivity index (χ0v) is 19.9. The lowest BCUT2D eigenvalue weighted by molar-refractivity contribution is -0.142. The molecule has 0 radical (unpaired) electrons. The molecular formula is C25H24FNO4S2. The molecule has 3 aromatic carbocycles. The minimum Gasteiger partial charge on any atom is -0.480 e. The molecule has 172 valence electrons. The Hall–Kier alpha value is -2.68. The smallest absolute Gasteiger partial charge is 0.323 e. The highest BCUT2D eigenvalue weighted by Gasteiger charge is 2.48. The van der Waals surface area contributed by atoms with E-state index < -0.39 is 26.8 Å². The topological polar surface area (TPSA) is 74.7 Å². The molecule has 8 heteroatoms. The molecule has 1 N–H and O–H groups in total. The highest BCUT2D eigenvalue weighted by molar-refractivity contribution is 8.00. The molecule has 0 aromatic heterocycles. The van der Waals surface area contributed by atoms with Crippen LogP contribution in [0.2, 0.25) is 0 Å². The van der Waals surface area contributed by atoms with Gasteiger partial charge in [-0.2, -0.15) is 16.1 Å². The number of carboxylic acid groups (broad SMARTS) is 1. The third-order valence-corrected chi connectivity index (χ3v) is 9.05. The molecule has 1 aliphatic rings. The van der Waals surface area contributed by atoms with Gasteiger partial charge in [0.25, 0.3) is 0 Å². The number of carboxylic acids is 1. The summed E-state index contributed by atoms with van der Waals surface area (Å²) in [6.45, 7) is 3.62. The van der Waals surface area contributed by atoms with Crippen LogP contribution in [-0.2, 0) is 14.8 Å². The molecule has 0 unspecified atom stereocenters. The molecular weight excluding hydrogens is 461 g/mol. The van der Waals surface area contributed by atoms with Gasteiger partial charge in [0.1, 0.15) is 11.9 Å².